The van der Waals surface area contributed by atoms with Crippen molar-refractivity contribution in [3.8, 4) is 0 Å². The predicted octanol–water partition coefficient (Wildman–Crippen LogP) is 2.00. The highest BCUT2D eigenvalue weighted by Gasteiger charge is 2.11. The molecule has 0 unspecified atom stereocenters. The molecule has 1 heterocycles. The Hall–Kier alpha value is -1.58. The second-order valence-electron chi connectivity index (χ2n) is 3.75. The molecule has 4 heteroatoms. The van der Waals surface area contributed by atoms with E-state index in [1.165, 1.54) is 6.08 Å². The van der Waals surface area contributed by atoms with Gasteiger partial charge in [0.2, 0.25) is 0 Å². The van der Waals surface area contributed by atoms with Crippen LogP contribution in [0.3, 0.4) is 0 Å². The number of ether oxygens (including phenoxy) is 1. The zero-order valence-electron chi connectivity index (χ0n) is 10.5. The minimum absolute atomic E-state index is 0.303. The molecule has 0 bridgehead atoms. The Morgan fingerprint density at radius 1 is 1.50 bits per heavy atom. The molecule has 0 saturated heterocycles. The lowest BCUT2D eigenvalue weighted by atomic mass is 10.1. The summed E-state index contributed by atoms with van der Waals surface area (Å²) in [6.07, 6.45) is 1.51. The van der Waals surface area contributed by atoms with Crippen molar-refractivity contribution in [3.05, 3.63) is 23.0 Å². The van der Waals surface area contributed by atoms with E-state index in [2.05, 4.69) is 5.10 Å². The molecule has 0 atom stereocenters. The van der Waals surface area contributed by atoms with Gasteiger partial charge in [0.15, 0.2) is 0 Å². The summed E-state index contributed by atoms with van der Waals surface area (Å²) in [5.41, 5.74) is 3.89. The van der Waals surface area contributed by atoms with E-state index in [4.69, 9.17) is 4.74 Å². The zero-order chi connectivity index (χ0) is 12.3. The highest BCUT2D eigenvalue weighted by molar-refractivity contribution is 5.91. The van der Waals surface area contributed by atoms with Crippen molar-refractivity contribution in [2.24, 2.45) is 7.05 Å². The Labute approximate surface area is 95.9 Å². The fraction of sp³-hybridized carbons (Fsp3) is 0.500. The Bertz CT molecular complexity index is 430. The number of hydrogen-bond donors (Lipinski definition) is 0. The van der Waals surface area contributed by atoms with E-state index >= 15 is 0 Å². The molecule has 0 aromatic carbocycles. The number of aromatic nitrogens is 2. The molecule has 88 valence electrons. The van der Waals surface area contributed by atoms with Gasteiger partial charge in [0.05, 0.1) is 12.3 Å². The summed E-state index contributed by atoms with van der Waals surface area (Å²) >= 11 is 0. The van der Waals surface area contributed by atoms with Gasteiger partial charge in [-0.1, -0.05) is 0 Å². The van der Waals surface area contributed by atoms with Gasteiger partial charge in [-0.2, -0.15) is 5.10 Å². The van der Waals surface area contributed by atoms with Crippen LogP contribution < -0.4 is 0 Å². The molecule has 1 aromatic heterocycles. The Morgan fingerprint density at radius 3 is 2.56 bits per heavy atom. The van der Waals surface area contributed by atoms with Crippen LogP contribution in [0.15, 0.2) is 6.08 Å². The first-order chi connectivity index (χ1) is 7.47. The number of esters is 1. The Balaban J connectivity index is 3.04. The molecule has 0 amide bonds. The van der Waals surface area contributed by atoms with E-state index in [-0.39, 0.29) is 5.97 Å². The fourth-order valence-electron chi connectivity index (χ4n) is 1.78. The van der Waals surface area contributed by atoms with Gasteiger partial charge < -0.3 is 4.74 Å². The molecule has 0 radical (unpaired) electrons. The van der Waals surface area contributed by atoms with E-state index in [0.29, 0.717) is 6.61 Å². The lowest BCUT2D eigenvalue weighted by Gasteiger charge is -2.02. The van der Waals surface area contributed by atoms with Gasteiger partial charge in [0.1, 0.15) is 0 Å². The van der Waals surface area contributed by atoms with Crippen molar-refractivity contribution >= 4 is 11.5 Å². The molecule has 0 N–H and O–H groups in total. The van der Waals surface area contributed by atoms with Crippen molar-refractivity contribution in [1.29, 1.82) is 0 Å². The molecule has 0 spiro atoms. The number of carbonyl (C=O) groups excluding carboxylic acids is 1. The van der Waals surface area contributed by atoms with Gasteiger partial charge in [0.25, 0.3) is 0 Å². The molecule has 1 rings (SSSR count). The Morgan fingerprint density at radius 2 is 2.12 bits per heavy atom. The van der Waals surface area contributed by atoms with Gasteiger partial charge >= 0.3 is 5.97 Å². The van der Waals surface area contributed by atoms with Gasteiger partial charge in [-0.05, 0) is 33.3 Å². The standard InChI is InChI=1S/C12H18N2O2/c1-6-16-11(15)7-8(2)12-9(3)13-14(5)10(12)4/h7H,6H2,1-5H3/b8-7-. The quantitative estimate of drug-likeness (QED) is 0.580. The first kappa shape index (κ1) is 12.5. The summed E-state index contributed by atoms with van der Waals surface area (Å²) in [7, 11) is 1.89. The van der Waals surface area contributed by atoms with Gasteiger partial charge in [-0.15, -0.1) is 0 Å². The smallest absolute Gasteiger partial charge is 0.331 e. The van der Waals surface area contributed by atoms with E-state index in [0.717, 1.165) is 22.5 Å². The average molecular weight is 222 g/mol. The van der Waals surface area contributed by atoms with Crippen LogP contribution in [0.4, 0.5) is 0 Å². The van der Waals surface area contributed by atoms with Crippen LogP contribution in [-0.2, 0) is 16.6 Å². The predicted molar refractivity (Wildman–Crippen MR) is 63.0 cm³/mol. The topological polar surface area (TPSA) is 44.1 Å². The minimum atomic E-state index is -0.303. The molecule has 16 heavy (non-hydrogen) atoms. The largest absolute Gasteiger partial charge is 0.463 e. The molecular weight excluding hydrogens is 204 g/mol. The van der Waals surface area contributed by atoms with Crippen LogP contribution in [-0.4, -0.2) is 22.4 Å². The number of aryl methyl sites for hydroxylation is 2. The lowest BCUT2D eigenvalue weighted by molar-refractivity contribution is -0.137. The van der Waals surface area contributed by atoms with Crippen molar-refractivity contribution in [2.75, 3.05) is 6.61 Å². The maximum Gasteiger partial charge on any atom is 0.331 e. The van der Waals surface area contributed by atoms with Crippen LogP contribution in [0.5, 0.6) is 0 Å². The average Bonchev–Trinajstić information content (AvgIpc) is 2.41. The molecule has 0 saturated carbocycles. The zero-order valence-corrected chi connectivity index (χ0v) is 10.5. The second kappa shape index (κ2) is 4.96. The van der Waals surface area contributed by atoms with Crippen LogP contribution in [0.25, 0.3) is 5.57 Å². The normalized spacial score (nSPS) is 11.7. The van der Waals surface area contributed by atoms with E-state index in [9.17, 15) is 4.79 Å². The van der Waals surface area contributed by atoms with Gasteiger partial charge in [0, 0.05) is 24.4 Å². The van der Waals surface area contributed by atoms with Crippen LogP contribution in [0.1, 0.15) is 30.8 Å². The summed E-state index contributed by atoms with van der Waals surface area (Å²) in [5, 5.41) is 4.31. The minimum Gasteiger partial charge on any atom is -0.463 e. The highest BCUT2D eigenvalue weighted by atomic mass is 16.5. The molecule has 0 aliphatic carbocycles. The molecule has 4 nitrogen and oxygen atoms in total. The highest BCUT2D eigenvalue weighted by Crippen LogP contribution is 2.21. The monoisotopic (exact) mass is 222 g/mol. The third-order valence-electron chi connectivity index (χ3n) is 2.52. The molecule has 0 fully saturated rings. The summed E-state index contributed by atoms with van der Waals surface area (Å²) in [5.74, 6) is -0.303. The van der Waals surface area contributed by atoms with E-state index < -0.39 is 0 Å². The first-order valence-electron chi connectivity index (χ1n) is 5.33. The van der Waals surface area contributed by atoms with E-state index in [1.807, 2.05) is 32.5 Å². The third kappa shape index (κ3) is 2.51. The fourth-order valence-corrected chi connectivity index (χ4v) is 1.78. The summed E-state index contributed by atoms with van der Waals surface area (Å²) in [4.78, 5) is 11.3. The number of carbonyl (C=O) groups is 1. The third-order valence-corrected chi connectivity index (χ3v) is 2.52. The van der Waals surface area contributed by atoms with Crippen molar-refractivity contribution in [1.82, 2.24) is 9.78 Å². The van der Waals surface area contributed by atoms with Crippen molar-refractivity contribution in [2.45, 2.75) is 27.7 Å². The number of hydrogen-bond acceptors (Lipinski definition) is 3. The molecule has 0 aliphatic rings. The number of allylic oxidation sites excluding steroid dienone is 1. The summed E-state index contributed by atoms with van der Waals surface area (Å²) < 4.78 is 6.69. The first-order valence-corrected chi connectivity index (χ1v) is 5.33. The van der Waals surface area contributed by atoms with Crippen LogP contribution in [0.2, 0.25) is 0 Å². The van der Waals surface area contributed by atoms with Crippen LogP contribution in [0, 0.1) is 13.8 Å². The molecule has 0 aliphatic heterocycles. The van der Waals surface area contributed by atoms with Gasteiger partial charge in [-0.3, -0.25) is 4.68 Å². The number of nitrogens with zero attached hydrogens (tertiary/aromatic N) is 2. The van der Waals surface area contributed by atoms with Gasteiger partial charge in [-0.25, -0.2) is 4.79 Å². The SMILES string of the molecule is CCOC(=O)/C=C(/C)c1c(C)nn(C)c1C. The number of rotatable bonds is 3. The summed E-state index contributed by atoms with van der Waals surface area (Å²) in [6, 6.07) is 0. The van der Waals surface area contributed by atoms with Crippen molar-refractivity contribution in [3.63, 3.8) is 0 Å². The van der Waals surface area contributed by atoms with Crippen molar-refractivity contribution < 1.29 is 9.53 Å². The molecular formula is C12H18N2O2. The maximum absolute atomic E-state index is 11.3. The lowest BCUT2D eigenvalue weighted by Crippen LogP contribution is -2.01. The van der Waals surface area contributed by atoms with Crippen LogP contribution >= 0.6 is 0 Å². The van der Waals surface area contributed by atoms with E-state index in [1.54, 1.807) is 6.92 Å². The molecule has 1 aromatic rings. The summed E-state index contributed by atoms with van der Waals surface area (Å²) in [6.45, 7) is 8.01. The maximum atomic E-state index is 11.3. The second-order valence-corrected chi connectivity index (χ2v) is 3.75. The Kier molecular flexibility index (Phi) is 3.88.